The summed E-state index contributed by atoms with van der Waals surface area (Å²) in [7, 11) is 1.64. The number of ether oxygens (including phenoxy) is 2. The van der Waals surface area contributed by atoms with E-state index >= 15 is 0 Å². The number of nitrogens with one attached hydrogen (secondary N) is 1. The molecule has 0 bridgehead atoms. The predicted octanol–water partition coefficient (Wildman–Crippen LogP) is 4.92. The monoisotopic (exact) mass is 349 g/mol. The lowest BCUT2D eigenvalue weighted by atomic mass is 10.1. The second-order valence-corrected chi connectivity index (χ2v) is 5.57. The van der Waals surface area contributed by atoms with Gasteiger partial charge in [0.1, 0.15) is 5.75 Å². The Hall–Kier alpha value is -1.52. The van der Waals surface area contributed by atoms with E-state index in [-0.39, 0.29) is 0 Å². The van der Waals surface area contributed by atoms with Crippen LogP contribution < -0.4 is 14.8 Å². The summed E-state index contributed by atoms with van der Waals surface area (Å²) in [6, 6.07) is 13.9. The molecule has 0 aliphatic rings. The van der Waals surface area contributed by atoms with E-state index in [2.05, 4.69) is 41.2 Å². The fraction of sp³-hybridized carbons (Fsp3) is 0.294. The highest BCUT2D eigenvalue weighted by molar-refractivity contribution is 9.10. The quantitative estimate of drug-likeness (QED) is 0.802. The maximum atomic E-state index is 5.90. The van der Waals surface area contributed by atoms with Crippen molar-refractivity contribution in [1.82, 2.24) is 5.32 Å². The summed E-state index contributed by atoms with van der Waals surface area (Å²) in [5.41, 5.74) is 1.21. The van der Waals surface area contributed by atoms with Crippen LogP contribution in [0, 0.1) is 0 Å². The first-order valence-electron chi connectivity index (χ1n) is 6.99. The van der Waals surface area contributed by atoms with Crippen molar-refractivity contribution in [3.8, 4) is 17.2 Å². The van der Waals surface area contributed by atoms with Crippen molar-refractivity contribution in [2.24, 2.45) is 0 Å². The summed E-state index contributed by atoms with van der Waals surface area (Å²) in [5.74, 6) is 2.21. The normalized spacial score (nSPS) is 12.0. The molecule has 2 rings (SSSR count). The summed E-state index contributed by atoms with van der Waals surface area (Å²) >= 11 is 3.62. The topological polar surface area (TPSA) is 30.5 Å². The van der Waals surface area contributed by atoms with Gasteiger partial charge in [-0.25, -0.2) is 0 Å². The van der Waals surface area contributed by atoms with Crippen LogP contribution in [0.3, 0.4) is 0 Å². The molecular weight excluding hydrogens is 330 g/mol. The molecule has 0 aliphatic carbocycles. The van der Waals surface area contributed by atoms with Crippen LogP contribution in [0.4, 0.5) is 0 Å². The van der Waals surface area contributed by atoms with Gasteiger partial charge >= 0.3 is 0 Å². The molecule has 21 heavy (non-hydrogen) atoms. The highest BCUT2D eigenvalue weighted by Gasteiger charge is 2.10. The molecule has 0 radical (unpaired) electrons. The molecule has 1 atom stereocenters. The molecule has 112 valence electrons. The van der Waals surface area contributed by atoms with Crippen molar-refractivity contribution in [3.05, 3.63) is 52.5 Å². The van der Waals surface area contributed by atoms with Gasteiger partial charge in [-0.3, -0.25) is 0 Å². The first-order chi connectivity index (χ1) is 10.2. The first kappa shape index (κ1) is 15.9. The fourth-order valence-electron chi connectivity index (χ4n) is 2.17. The van der Waals surface area contributed by atoms with Crippen LogP contribution in [-0.4, -0.2) is 13.7 Å². The molecule has 0 aromatic heterocycles. The zero-order chi connectivity index (χ0) is 15.2. The fourth-order valence-corrected chi connectivity index (χ4v) is 2.87. The predicted molar refractivity (Wildman–Crippen MR) is 89.3 cm³/mol. The standard InChI is InChI=1S/C17H20BrNO2/c1-4-19-12(2)14-10-9-13(11-15(14)18)21-17-8-6-5-7-16(17)20-3/h5-12,19H,4H2,1-3H3. The van der Waals surface area contributed by atoms with Crippen molar-refractivity contribution in [3.63, 3.8) is 0 Å². The van der Waals surface area contributed by atoms with E-state index in [1.807, 2.05) is 36.4 Å². The van der Waals surface area contributed by atoms with Crippen molar-refractivity contribution < 1.29 is 9.47 Å². The molecule has 1 N–H and O–H groups in total. The molecule has 1 unspecified atom stereocenters. The van der Waals surface area contributed by atoms with Gasteiger partial charge in [-0.15, -0.1) is 0 Å². The highest BCUT2D eigenvalue weighted by Crippen LogP contribution is 2.34. The zero-order valence-electron chi connectivity index (χ0n) is 12.5. The Morgan fingerprint density at radius 1 is 1.14 bits per heavy atom. The van der Waals surface area contributed by atoms with Gasteiger partial charge in [0.2, 0.25) is 0 Å². The average Bonchev–Trinajstić information content (AvgIpc) is 2.48. The van der Waals surface area contributed by atoms with Crippen LogP contribution in [0.25, 0.3) is 0 Å². The SMILES string of the molecule is CCNC(C)c1ccc(Oc2ccccc2OC)cc1Br. The molecule has 2 aromatic rings. The summed E-state index contributed by atoms with van der Waals surface area (Å²) in [5, 5.41) is 3.40. The Morgan fingerprint density at radius 2 is 1.86 bits per heavy atom. The number of para-hydroxylation sites is 2. The Bertz CT molecular complexity index is 601. The average molecular weight is 350 g/mol. The molecule has 0 fully saturated rings. The minimum absolute atomic E-state index is 0.296. The Labute approximate surface area is 134 Å². The van der Waals surface area contributed by atoms with Gasteiger partial charge in [0, 0.05) is 10.5 Å². The summed E-state index contributed by atoms with van der Waals surface area (Å²) < 4.78 is 12.2. The van der Waals surface area contributed by atoms with Gasteiger partial charge in [-0.2, -0.15) is 0 Å². The number of hydrogen-bond donors (Lipinski definition) is 1. The van der Waals surface area contributed by atoms with Crippen LogP contribution >= 0.6 is 15.9 Å². The second kappa shape index (κ2) is 7.48. The van der Waals surface area contributed by atoms with Gasteiger partial charge < -0.3 is 14.8 Å². The van der Waals surface area contributed by atoms with Crippen LogP contribution in [0.15, 0.2) is 46.9 Å². The van der Waals surface area contributed by atoms with E-state index in [9.17, 15) is 0 Å². The van der Waals surface area contributed by atoms with Gasteiger partial charge in [-0.1, -0.05) is 41.1 Å². The van der Waals surface area contributed by atoms with Crippen molar-refractivity contribution in [2.45, 2.75) is 19.9 Å². The van der Waals surface area contributed by atoms with Gasteiger partial charge in [0.15, 0.2) is 11.5 Å². The molecule has 0 spiro atoms. The number of hydrogen-bond acceptors (Lipinski definition) is 3. The van der Waals surface area contributed by atoms with Crippen LogP contribution in [-0.2, 0) is 0 Å². The minimum atomic E-state index is 0.296. The number of halogens is 1. The molecule has 0 amide bonds. The molecule has 0 saturated heterocycles. The third-order valence-corrected chi connectivity index (χ3v) is 3.93. The Morgan fingerprint density at radius 3 is 2.48 bits per heavy atom. The van der Waals surface area contributed by atoms with Crippen LogP contribution in [0.1, 0.15) is 25.5 Å². The lowest BCUT2D eigenvalue weighted by molar-refractivity contribution is 0.378. The van der Waals surface area contributed by atoms with Gasteiger partial charge in [0.25, 0.3) is 0 Å². The van der Waals surface area contributed by atoms with Gasteiger partial charge in [0.05, 0.1) is 7.11 Å². The summed E-state index contributed by atoms with van der Waals surface area (Å²) in [4.78, 5) is 0. The van der Waals surface area contributed by atoms with Crippen molar-refractivity contribution in [1.29, 1.82) is 0 Å². The number of rotatable bonds is 6. The molecule has 0 heterocycles. The zero-order valence-corrected chi connectivity index (χ0v) is 14.1. The van der Waals surface area contributed by atoms with Gasteiger partial charge in [-0.05, 0) is 43.3 Å². The van der Waals surface area contributed by atoms with Crippen molar-refractivity contribution in [2.75, 3.05) is 13.7 Å². The third kappa shape index (κ3) is 3.99. The Balaban J connectivity index is 2.20. The smallest absolute Gasteiger partial charge is 0.169 e. The maximum absolute atomic E-state index is 5.90. The van der Waals surface area contributed by atoms with Crippen LogP contribution in [0.5, 0.6) is 17.2 Å². The summed E-state index contributed by atoms with van der Waals surface area (Å²) in [6.07, 6.45) is 0. The van der Waals surface area contributed by atoms with E-state index in [1.165, 1.54) is 5.56 Å². The third-order valence-electron chi connectivity index (χ3n) is 3.25. The second-order valence-electron chi connectivity index (χ2n) is 4.72. The van der Waals surface area contributed by atoms with E-state index in [0.717, 1.165) is 22.5 Å². The first-order valence-corrected chi connectivity index (χ1v) is 7.78. The molecule has 3 nitrogen and oxygen atoms in total. The van der Waals surface area contributed by atoms with E-state index < -0.39 is 0 Å². The molecule has 0 saturated carbocycles. The molecular formula is C17H20BrNO2. The van der Waals surface area contributed by atoms with E-state index in [0.29, 0.717) is 11.8 Å². The maximum Gasteiger partial charge on any atom is 0.169 e. The van der Waals surface area contributed by atoms with Crippen molar-refractivity contribution >= 4 is 15.9 Å². The highest BCUT2D eigenvalue weighted by atomic mass is 79.9. The molecule has 4 heteroatoms. The number of benzene rings is 2. The number of methoxy groups -OCH3 is 1. The largest absolute Gasteiger partial charge is 0.493 e. The minimum Gasteiger partial charge on any atom is -0.493 e. The molecule has 2 aromatic carbocycles. The van der Waals surface area contributed by atoms with E-state index in [4.69, 9.17) is 9.47 Å². The lowest BCUT2D eigenvalue weighted by Gasteiger charge is -2.16. The van der Waals surface area contributed by atoms with Crippen LogP contribution in [0.2, 0.25) is 0 Å². The Kier molecular flexibility index (Phi) is 5.65. The lowest BCUT2D eigenvalue weighted by Crippen LogP contribution is -2.17. The molecule has 0 aliphatic heterocycles. The summed E-state index contributed by atoms with van der Waals surface area (Å²) in [6.45, 7) is 5.18. The van der Waals surface area contributed by atoms with E-state index in [1.54, 1.807) is 7.11 Å².